The lowest BCUT2D eigenvalue weighted by Crippen LogP contribution is -2.43. The van der Waals surface area contributed by atoms with Crippen LogP contribution in [0, 0.1) is 16.5 Å². The molecule has 2 aromatic rings. The van der Waals surface area contributed by atoms with E-state index >= 15 is 0 Å². The standard InChI is InChI=1S/C19H15F2N3O2S/c1-11(23-26)18(25)24-19(9-8-12-4-2-3-5-15(12)19)27-17(22-24)14-10-13(20)6-7-16(14)21/h2-7,10-11H,8-9H2,1H3/t11-,19?/m0/s1. The molecule has 138 valence electrons. The molecule has 5 nitrogen and oxygen atoms in total. The SMILES string of the molecule is C[C@H](N=O)C(=O)N1N=C(c2cc(F)ccc2F)SC12CCc1ccccc12. The van der Waals surface area contributed by atoms with Crippen LogP contribution in [0.3, 0.4) is 0 Å². The molecule has 1 spiro atoms. The van der Waals surface area contributed by atoms with E-state index in [1.807, 2.05) is 24.3 Å². The van der Waals surface area contributed by atoms with Crippen molar-refractivity contribution in [2.75, 3.05) is 0 Å². The monoisotopic (exact) mass is 387 g/mol. The Balaban J connectivity index is 1.85. The third kappa shape index (κ3) is 2.75. The third-order valence-electron chi connectivity index (χ3n) is 4.85. The highest BCUT2D eigenvalue weighted by atomic mass is 32.2. The third-order valence-corrected chi connectivity index (χ3v) is 6.28. The molecule has 0 aromatic heterocycles. The number of thioether (sulfide) groups is 1. The zero-order chi connectivity index (χ0) is 19.2. The van der Waals surface area contributed by atoms with E-state index in [1.165, 1.54) is 23.7 Å². The Bertz CT molecular complexity index is 981. The molecule has 2 aliphatic rings. The molecule has 2 aromatic carbocycles. The molecule has 4 rings (SSSR count). The Morgan fingerprint density at radius 2 is 2.07 bits per heavy atom. The van der Waals surface area contributed by atoms with Crippen molar-refractivity contribution in [2.45, 2.75) is 30.7 Å². The number of hydrogen-bond donors (Lipinski definition) is 0. The van der Waals surface area contributed by atoms with Gasteiger partial charge in [-0.1, -0.05) is 41.2 Å². The molecular formula is C19H15F2N3O2S. The predicted molar refractivity (Wildman–Crippen MR) is 99.0 cm³/mol. The zero-order valence-corrected chi connectivity index (χ0v) is 15.2. The van der Waals surface area contributed by atoms with Crippen LogP contribution in [0.25, 0.3) is 0 Å². The normalized spacial score (nSPS) is 21.9. The largest absolute Gasteiger partial charge is 0.272 e. The van der Waals surface area contributed by atoms with Crippen LogP contribution in [-0.2, 0) is 16.1 Å². The fourth-order valence-corrected chi connectivity index (χ4v) is 4.94. The number of carbonyl (C=O) groups excluding carboxylic acids is 1. The molecule has 0 saturated heterocycles. The van der Waals surface area contributed by atoms with Crippen LogP contribution in [0.1, 0.15) is 30.0 Å². The Morgan fingerprint density at radius 1 is 1.30 bits per heavy atom. The van der Waals surface area contributed by atoms with Crippen molar-refractivity contribution in [1.82, 2.24) is 5.01 Å². The fourth-order valence-electron chi connectivity index (χ4n) is 3.50. The number of nitroso groups, excluding NO2 is 1. The van der Waals surface area contributed by atoms with E-state index in [9.17, 15) is 18.5 Å². The minimum atomic E-state index is -1.13. The summed E-state index contributed by atoms with van der Waals surface area (Å²) in [6.45, 7) is 1.39. The van der Waals surface area contributed by atoms with Gasteiger partial charge in [-0.3, -0.25) is 4.79 Å². The Labute approximate surface area is 158 Å². The highest BCUT2D eigenvalue weighted by Gasteiger charge is 2.53. The summed E-state index contributed by atoms with van der Waals surface area (Å²) in [6, 6.07) is 9.63. The van der Waals surface area contributed by atoms with Gasteiger partial charge in [0.25, 0.3) is 5.91 Å². The van der Waals surface area contributed by atoms with E-state index in [-0.39, 0.29) is 10.6 Å². The Morgan fingerprint density at radius 3 is 2.85 bits per heavy atom. The van der Waals surface area contributed by atoms with Gasteiger partial charge in [-0.15, -0.1) is 4.91 Å². The second-order valence-electron chi connectivity index (χ2n) is 6.50. The van der Waals surface area contributed by atoms with Gasteiger partial charge in [0.2, 0.25) is 0 Å². The number of hydrazone groups is 1. The molecule has 1 amide bonds. The first-order valence-electron chi connectivity index (χ1n) is 8.44. The fraction of sp³-hybridized carbons (Fsp3) is 0.263. The number of fused-ring (bicyclic) bond motifs is 2. The maximum Gasteiger partial charge on any atom is 0.272 e. The topological polar surface area (TPSA) is 62.1 Å². The minimum absolute atomic E-state index is 0.00854. The highest BCUT2D eigenvalue weighted by Crippen LogP contribution is 2.55. The maximum absolute atomic E-state index is 14.3. The van der Waals surface area contributed by atoms with Gasteiger partial charge in [0.1, 0.15) is 21.5 Å². The summed E-state index contributed by atoms with van der Waals surface area (Å²) in [5.41, 5.74) is 1.94. The number of rotatable bonds is 3. The quantitative estimate of drug-likeness (QED) is 0.743. The molecule has 2 atom stereocenters. The van der Waals surface area contributed by atoms with Crippen molar-refractivity contribution in [1.29, 1.82) is 0 Å². The number of amides is 1. The second kappa shape index (κ2) is 6.53. The zero-order valence-electron chi connectivity index (χ0n) is 14.4. The van der Waals surface area contributed by atoms with Gasteiger partial charge in [-0.05, 0) is 49.1 Å². The molecule has 1 aliphatic heterocycles. The smallest absolute Gasteiger partial charge is 0.270 e. The molecule has 0 radical (unpaired) electrons. The molecule has 0 fully saturated rings. The Kier molecular flexibility index (Phi) is 4.30. The van der Waals surface area contributed by atoms with Crippen LogP contribution in [0.2, 0.25) is 0 Å². The van der Waals surface area contributed by atoms with Gasteiger partial charge in [0.15, 0.2) is 6.04 Å². The first-order chi connectivity index (χ1) is 13.0. The van der Waals surface area contributed by atoms with Crippen LogP contribution < -0.4 is 0 Å². The highest BCUT2D eigenvalue weighted by molar-refractivity contribution is 8.15. The summed E-state index contributed by atoms with van der Waals surface area (Å²) >= 11 is 1.21. The Hall–Kier alpha value is -2.61. The minimum Gasteiger partial charge on any atom is -0.270 e. The second-order valence-corrected chi connectivity index (χ2v) is 7.77. The number of nitrogens with zero attached hydrogens (tertiary/aromatic N) is 3. The van der Waals surface area contributed by atoms with Gasteiger partial charge >= 0.3 is 0 Å². The molecule has 0 bridgehead atoms. The van der Waals surface area contributed by atoms with Crippen molar-refractivity contribution >= 4 is 22.7 Å². The van der Waals surface area contributed by atoms with Crippen molar-refractivity contribution in [3.63, 3.8) is 0 Å². The van der Waals surface area contributed by atoms with Crippen LogP contribution >= 0.6 is 11.8 Å². The lowest BCUT2D eigenvalue weighted by atomic mass is 10.1. The van der Waals surface area contributed by atoms with Crippen LogP contribution in [-0.4, -0.2) is 22.0 Å². The van der Waals surface area contributed by atoms with E-state index in [2.05, 4.69) is 10.3 Å². The maximum atomic E-state index is 14.3. The van der Waals surface area contributed by atoms with Crippen LogP contribution in [0.15, 0.2) is 52.7 Å². The van der Waals surface area contributed by atoms with Gasteiger partial charge < -0.3 is 0 Å². The number of carbonyl (C=O) groups is 1. The van der Waals surface area contributed by atoms with E-state index in [0.717, 1.165) is 29.3 Å². The van der Waals surface area contributed by atoms with Crippen LogP contribution in [0.5, 0.6) is 0 Å². The van der Waals surface area contributed by atoms with Crippen molar-refractivity contribution in [3.8, 4) is 0 Å². The molecular weight excluding hydrogens is 372 g/mol. The molecule has 1 unspecified atom stereocenters. The summed E-state index contributed by atoms with van der Waals surface area (Å²) in [4.78, 5) is 22.9. The molecule has 8 heteroatoms. The number of benzene rings is 2. The van der Waals surface area contributed by atoms with E-state index in [1.54, 1.807) is 0 Å². The molecule has 1 heterocycles. The summed E-state index contributed by atoms with van der Waals surface area (Å²) in [7, 11) is 0. The molecule has 1 aliphatic carbocycles. The number of aryl methyl sites for hydroxylation is 1. The van der Waals surface area contributed by atoms with Gasteiger partial charge in [0.05, 0.1) is 0 Å². The van der Waals surface area contributed by atoms with Gasteiger partial charge in [-0.2, -0.15) is 5.10 Å². The number of hydrogen-bond acceptors (Lipinski definition) is 5. The van der Waals surface area contributed by atoms with Crippen molar-refractivity contribution in [2.24, 2.45) is 10.3 Å². The van der Waals surface area contributed by atoms with Gasteiger partial charge in [-0.25, -0.2) is 13.8 Å². The van der Waals surface area contributed by atoms with E-state index < -0.39 is 28.5 Å². The lowest BCUT2D eigenvalue weighted by molar-refractivity contribution is -0.135. The first kappa shape index (κ1) is 17.8. The first-order valence-corrected chi connectivity index (χ1v) is 9.26. The summed E-state index contributed by atoms with van der Waals surface area (Å²) in [6.07, 6.45) is 1.27. The van der Waals surface area contributed by atoms with Crippen molar-refractivity contribution in [3.05, 3.63) is 75.7 Å². The van der Waals surface area contributed by atoms with E-state index in [4.69, 9.17) is 0 Å². The van der Waals surface area contributed by atoms with Crippen LogP contribution in [0.4, 0.5) is 8.78 Å². The average Bonchev–Trinajstić information content (AvgIpc) is 3.25. The molecule has 0 N–H and O–H groups in total. The summed E-state index contributed by atoms with van der Waals surface area (Å²) < 4.78 is 28.0. The summed E-state index contributed by atoms with van der Waals surface area (Å²) in [5.74, 6) is -1.79. The summed E-state index contributed by atoms with van der Waals surface area (Å²) in [5, 5.41) is 8.58. The number of halogens is 2. The molecule has 0 saturated carbocycles. The van der Waals surface area contributed by atoms with Crippen molar-refractivity contribution < 1.29 is 13.6 Å². The lowest BCUT2D eigenvalue weighted by Gasteiger charge is -2.32. The molecule has 27 heavy (non-hydrogen) atoms. The van der Waals surface area contributed by atoms with Gasteiger partial charge in [0, 0.05) is 5.56 Å². The van der Waals surface area contributed by atoms with E-state index in [0.29, 0.717) is 12.8 Å². The predicted octanol–water partition coefficient (Wildman–Crippen LogP) is 4.16. The average molecular weight is 387 g/mol.